The average molecular weight is 392 g/mol. The van der Waals surface area contributed by atoms with E-state index < -0.39 is 5.97 Å². The number of carbonyl (C=O) groups excluding carboxylic acids is 2. The molecule has 1 fully saturated rings. The highest BCUT2D eigenvalue weighted by Gasteiger charge is 2.25. The van der Waals surface area contributed by atoms with Crippen LogP contribution in [-0.4, -0.2) is 49.3 Å². The zero-order valence-corrected chi connectivity index (χ0v) is 16.8. The molecule has 2 amide bonds. The number of methoxy groups -OCH3 is 1. The zero-order chi connectivity index (χ0) is 20.8. The van der Waals surface area contributed by atoms with Crippen LogP contribution in [0.25, 0.3) is 0 Å². The summed E-state index contributed by atoms with van der Waals surface area (Å²) in [5.74, 6) is 5.71. The lowest BCUT2D eigenvalue weighted by molar-refractivity contribution is -0.0530. The van der Waals surface area contributed by atoms with Gasteiger partial charge in [0, 0.05) is 29.9 Å². The number of hydrogen-bond donors (Lipinski definition) is 1. The van der Waals surface area contributed by atoms with Crippen molar-refractivity contribution in [2.75, 3.05) is 25.5 Å². The molecule has 0 unspecified atom stereocenters. The Labute approximate surface area is 170 Å². The lowest BCUT2D eigenvalue weighted by Gasteiger charge is -2.35. The fraction of sp³-hybridized carbons (Fsp3) is 0.304. The summed E-state index contributed by atoms with van der Waals surface area (Å²) in [5, 5.41) is 2.93. The standard InChI is InChI=1S/C23H24N2O4/c1-16-14-25(15-17(2)29-16)23(27)24-21-9-5-7-19(13-21)11-10-18-6-4-8-20(12-18)22(26)28-3/h4-9,12-13,16-17H,14-15H2,1-3H3,(H,24,27)/t16-,17-/m0/s1. The minimum Gasteiger partial charge on any atom is -0.465 e. The van der Waals surface area contributed by atoms with Crippen LogP contribution in [0.15, 0.2) is 48.5 Å². The molecule has 6 nitrogen and oxygen atoms in total. The number of esters is 1. The van der Waals surface area contributed by atoms with E-state index in [2.05, 4.69) is 17.2 Å². The van der Waals surface area contributed by atoms with E-state index in [1.165, 1.54) is 7.11 Å². The fourth-order valence-corrected chi connectivity index (χ4v) is 3.21. The van der Waals surface area contributed by atoms with Gasteiger partial charge < -0.3 is 19.7 Å². The first kappa shape index (κ1) is 20.4. The van der Waals surface area contributed by atoms with Crippen molar-refractivity contribution < 1.29 is 19.1 Å². The van der Waals surface area contributed by atoms with Crippen LogP contribution in [-0.2, 0) is 9.47 Å². The summed E-state index contributed by atoms with van der Waals surface area (Å²) >= 11 is 0. The van der Waals surface area contributed by atoms with Gasteiger partial charge in [-0.15, -0.1) is 0 Å². The molecule has 1 aliphatic rings. The molecule has 2 atom stereocenters. The SMILES string of the molecule is COC(=O)c1cccc(C#Cc2cccc(NC(=O)N3C[C@H](C)O[C@@H](C)C3)c2)c1. The summed E-state index contributed by atoms with van der Waals surface area (Å²) in [6, 6.07) is 14.2. The molecule has 1 saturated heterocycles. The summed E-state index contributed by atoms with van der Waals surface area (Å²) in [7, 11) is 1.35. The molecule has 6 heteroatoms. The highest BCUT2D eigenvalue weighted by molar-refractivity contribution is 5.90. The van der Waals surface area contributed by atoms with Gasteiger partial charge in [-0.3, -0.25) is 0 Å². The number of morpholine rings is 1. The van der Waals surface area contributed by atoms with Crippen molar-refractivity contribution in [2.24, 2.45) is 0 Å². The second-order valence-corrected chi connectivity index (χ2v) is 7.00. The minimum absolute atomic E-state index is 0.0162. The van der Waals surface area contributed by atoms with Gasteiger partial charge in [0.1, 0.15) is 0 Å². The van der Waals surface area contributed by atoms with Crippen molar-refractivity contribution in [1.82, 2.24) is 4.90 Å². The van der Waals surface area contributed by atoms with E-state index >= 15 is 0 Å². The number of rotatable bonds is 2. The Hall–Kier alpha value is -3.30. The molecule has 0 saturated carbocycles. The predicted molar refractivity (Wildman–Crippen MR) is 111 cm³/mol. The lowest BCUT2D eigenvalue weighted by Crippen LogP contribution is -2.49. The van der Waals surface area contributed by atoms with Crippen LogP contribution in [0.3, 0.4) is 0 Å². The van der Waals surface area contributed by atoms with Gasteiger partial charge in [0.2, 0.25) is 0 Å². The molecular weight excluding hydrogens is 368 g/mol. The lowest BCUT2D eigenvalue weighted by atomic mass is 10.1. The van der Waals surface area contributed by atoms with Gasteiger partial charge in [-0.2, -0.15) is 0 Å². The van der Waals surface area contributed by atoms with E-state index in [-0.39, 0.29) is 18.2 Å². The Balaban J connectivity index is 1.70. The van der Waals surface area contributed by atoms with E-state index in [1.807, 2.05) is 44.2 Å². The average Bonchev–Trinajstić information content (AvgIpc) is 2.71. The summed E-state index contributed by atoms with van der Waals surface area (Å²) in [4.78, 5) is 26.0. The summed E-state index contributed by atoms with van der Waals surface area (Å²) in [6.45, 7) is 5.04. The van der Waals surface area contributed by atoms with E-state index in [4.69, 9.17) is 9.47 Å². The Morgan fingerprint density at radius 1 is 1.03 bits per heavy atom. The highest BCUT2D eigenvalue weighted by Crippen LogP contribution is 2.15. The summed E-state index contributed by atoms with van der Waals surface area (Å²) in [6.07, 6.45) is 0.0323. The first-order chi connectivity index (χ1) is 13.9. The molecule has 150 valence electrons. The van der Waals surface area contributed by atoms with Crippen LogP contribution in [0.5, 0.6) is 0 Å². The molecule has 29 heavy (non-hydrogen) atoms. The third-order valence-electron chi connectivity index (χ3n) is 4.46. The number of amides is 2. The van der Waals surface area contributed by atoms with E-state index in [0.717, 1.165) is 5.56 Å². The van der Waals surface area contributed by atoms with Crippen molar-refractivity contribution >= 4 is 17.7 Å². The second kappa shape index (κ2) is 9.26. The van der Waals surface area contributed by atoms with E-state index in [9.17, 15) is 9.59 Å². The maximum Gasteiger partial charge on any atom is 0.337 e. The molecule has 3 rings (SSSR count). The maximum atomic E-state index is 12.6. The van der Waals surface area contributed by atoms with Crippen LogP contribution >= 0.6 is 0 Å². The van der Waals surface area contributed by atoms with Crippen molar-refractivity contribution in [1.29, 1.82) is 0 Å². The normalized spacial score (nSPS) is 18.4. The third kappa shape index (κ3) is 5.59. The van der Waals surface area contributed by atoms with E-state index in [0.29, 0.717) is 29.9 Å². The predicted octanol–water partition coefficient (Wildman–Crippen LogP) is 3.51. The fourth-order valence-electron chi connectivity index (χ4n) is 3.21. The number of urea groups is 1. The van der Waals surface area contributed by atoms with Gasteiger partial charge in [-0.25, -0.2) is 9.59 Å². The Morgan fingerprint density at radius 3 is 2.31 bits per heavy atom. The summed E-state index contributed by atoms with van der Waals surface area (Å²) in [5.41, 5.74) is 2.60. The largest absolute Gasteiger partial charge is 0.465 e. The van der Waals surface area contributed by atoms with Crippen LogP contribution < -0.4 is 5.32 Å². The van der Waals surface area contributed by atoms with Crippen LogP contribution in [0.1, 0.15) is 35.3 Å². The molecule has 0 aliphatic carbocycles. The number of anilines is 1. The number of hydrogen-bond acceptors (Lipinski definition) is 4. The molecule has 1 aliphatic heterocycles. The first-order valence-corrected chi connectivity index (χ1v) is 9.46. The third-order valence-corrected chi connectivity index (χ3v) is 4.46. The smallest absolute Gasteiger partial charge is 0.337 e. The first-order valence-electron chi connectivity index (χ1n) is 9.46. The molecule has 0 bridgehead atoms. The van der Waals surface area contributed by atoms with Crippen LogP contribution in [0, 0.1) is 11.8 Å². The van der Waals surface area contributed by atoms with E-state index in [1.54, 1.807) is 23.1 Å². The van der Waals surface area contributed by atoms with Gasteiger partial charge in [0.15, 0.2) is 0 Å². The quantitative estimate of drug-likeness (QED) is 0.627. The molecule has 0 aromatic heterocycles. The maximum absolute atomic E-state index is 12.6. The monoisotopic (exact) mass is 392 g/mol. The van der Waals surface area contributed by atoms with Gasteiger partial charge in [0.05, 0.1) is 24.9 Å². The van der Waals surface area contributed by atoms with Gasteiger partial charge >= 0.3 is 12.0 Å². The van der Waals surface area contributed by atoms with Crippen molar-refractivity contribution in [3.8, 4) is 11.8 Å². The molecular formula is C23H24N2O4. The number of ether oxygens (including phenoxy) is 2. The van der Waals surface area contributed by atoms with Crippen molar-refractivity contribution in [3.63, 3.8) is 0 Å². The number of nitrogens with one attached hydrogen (secondary N) is 1. The molecule has 0 spiro atoms. The van der Waals surface area contributed by atoms with Gasteiger partial charge in [-0.1, -0.05) is 24.0 Å². The van der Waals surface area contributed by atoms with Crippen LogP contribution in [0.4, 0.5) is 10.5 Å². The molecule has 1 N–H and O–H groups in total. The highest BCUT2D eigenvalue weighted by atomic mass is 16.5. The minimum atomic E-state index is -0.398. The van der Waals surface area contributed by atoms with Gasteiger partial charge in [0.25, 0.3) is 0 Å². The Bertz CT molecular complexity index is 951. The molecule has 0 radical (unpaired) electrons. The second-order valence-electron chi connectivity index (χ2n) is 7.00. The number of benzene rings is 2. The number of nitrogens with zero attached hydrogens (tertiary/aromatic N) is 1. The molecule has 2 aromatic rings. The molecule has 2 aromatic carbocycles. The van der Waals surface area contributed by atoms with Crippen LogP contribution in [0.2, 0.25) is 0 Å². The Morgan fingerprint density at radius 2 is 1.66 bits per heavy atom. The number of carbonyl (C=O) groups is 2. The van der Waals surface area contributed by atoms with Crippen molar-refractivity contribution in [3.05, 3.63) is 65.2 Å². The Kier molecular flexibility index (Phi) is 6.53. The zero-order valence-electron chi connectivity index (χ0n) is 16.8. The van der Waals surface area contributed by atoms with Gasteiger partial charge in [-0.05, 0) is 50.2 Å². The molecule has 1 heterocycles. The topological polar surface area (TPSA) is 67.9 Å². The van der Waals surface area contributed by atoms with Crippen molar-refractivity contribution in [2.45, 2.75) is 26.1 Å². The summed E-state index contributed by atoms with van der Waals surface area (Å²) < 4.78 is 10.4.